The molecule has 0 saturated heterocycles. The molecule has 2 unspecified atom stereocenters. The van der Waals surface area contributed by atoms with Crippen molar-refractivity contribution in [3.63, 3.8) is 0 Å². The average molecular weight is 611 g/mol. The number of aliphatic imine (C=N–C) groups is 1. The molecule has 2 heterocycles. The van der Waals surface area contributed by atoms with Crippen LogP contribution in [0.15, 0.2) is 71.4 Å². The Morgan fingerprint density at radius 3 is 2.64 bits per heavy atom. The van der Waals surface area contributed by atoms with Crippen molar-refractivity contribution < 1.29 is 19.4 Å². The third-order valence-electron chi connectivity index (χ3n) is 8.03. The summed E-state index contributed by atoms with van der Waals surface area (Å²) < 4.78 is 5.43. The van der Waals surface area contributed by atoms with Gasteiger partial charge in [-0.25, -0.2) is 9.79 Å². The number of aromatic nitrogens is 1. The van der Waals surface area contributed by atoms with Gasteiger partial charge in [-0.2, -0.15) is 0 Å². The molecule has 2 amide bonds. The Balaban J connectivity index is 1.28. The predicted molar refractivity (Wildman–Crippen MR) is 176 cm³/mol. The first-order valence-electron chi connectivity index (χ1n) is 15.7. The number of amidine groups is 1. The molecule has 3 aromatic rings. The summed E-state index contributed by atoms with van der Waals surface area (Å²) in [6, 6.07) is 16.4. The SMILES string of the molecule is CCCN(CCC)C(O)C1=Cc2ccc(C(=O)Nc3cnc4c(c3)C(NC(=O)OCc3ccccc3)CCC4)cc2N=C(N)C1. The minimum absolute atomic E-state index is 0.185. The van der Waals surface area contributed by atoms with Gasteiger partial charge in [0.05, 0.1) is 23.6 Å². The number of fused-ring (bicyclic) bond motifs is 2. The van der Waals surface area contributed by atoms with Crippen LogP contribution in [0.3, 0.4) is 0 Å². The van der Waals surface area contributed by atoms with Crippen molar-refractivity contribution in [2.75, 3.05) is 18.4 Å². The number of nitrogens with one attached hydrogen (secondary N) is 2. The largest absolute Gasteiger partial charge is 0.445 e. The molecular weight excluding hydrogens is 568 g/mol. The summed E-state index contributed by atoms with van der Waals surface area (Å²) >= 11 is 0. The molecule has 0 fully saturated rings. The van der Waals surface area contributed by atoms with E-state index < -0.39 is 12.3 Å². The van der Waals surface area contributed by atoms with Crippen molar-refractivity contribution in [3.8, 4) is 0 Å². The lowest BCUT2D eigenvalue weighted by Gasteiger charge is -2.28. The molecule has 1 aliphatic carbocycles. The Morgan fingerprint density at radius 2 is 1.89 bits per heavy atom. The number of anilines is 1. The lowest BCUT2D eigenvalue weighted by atomic mass is 9.91. The fourth-order valence-electron chi connectivity index (χ4n) is 5.87. The number of carbonyl (C=O) groups excluding carboxylic acids is 2. The third-order valence-corrected chi connectivity index (χ3v) is 8.03. The van der Waals surface area contributed by atoms with Crippen LogP contribution >= 0.6 is 0 Å². The molecule has 2 aliphatic rings. The number of rotatable bonds is 11. The molecule has 5 N–H and O–H groups in total. The van der Waals surface area contributed by atoms with Crippen LogP contribution in [0.2, 0.25) is 0 Å². The standard InChI is InChI=1S/C35H42N6O4/c1-3-15-41(16-4-2)34(43)26-17-24-13-14-25(18-31(24)39-32(36)19-26)33(42)38-27-20-28-29(37-21-27)11-8-12-30(28)40-35(44)45-22-23-9-6-5-7-10-23/h5-7,9-10,13-14,17-18,20-21,30,34,43H,3-4,8,11-12,15-16,19,22H2,1-2H3,(H2,36,39)(H,38,42)(H,40,44). The molecular formula is C35H42N6O4. The van der Waals surface area contributed by atoms with Crippen LogP contribution in [0.25, 0.3) is 6.08 Å². The number of aliphatic hydroxyl groups is 1. The van der Waals surface area contributed by atoms with E-state index in [0.29, 0.717) is 29.2 Å². The molecule has 0 bridgehead atoms. The number of pyridine rings is 1. The highest BCUT2D eigenvalue weighted by Crippen LogP contribution is 2.32. The molecule has 5 rings (SSSR count). The minimum atomic E-state index is -0.756. The molecule has 0 radical (unpaired) electrons. The van der Waals surface area contributed by atoms with Crippen LogP contribution in [0.1, 0.15) is 84.7 Å². The molecule has 10 nitrogen and oxygen atoms in total. The van der Waals surface area contributed by atoms with E-state index in [1.807, 2.05) is 53.4 Å². The van der Waals surface area contributed by atoms with Gasteiger partial charge in [-0.1, -0.05) is 50.2 Å². The van der Waals surface area contributed by atoms with Gasteiger partial charge in [0.2, 0.25) is 0 Å². The molecule has 45 heavy (non-hydrogen) atoms. The fraction of sp³-hybridized carbons (Fsp3) is 0.371. The monoisotopic (exact) mass is 610 g/mol. The topological polar surface area (TPSA) is 142 Å². The molecule has 236 valence electrons. The highest BCUT2D eigenvalue weighted by molar-refractivity contribution is 6.05. The van der Waals surface area contributed by atoms with E-state index in [1.54, 1.807) is 18.3 Å². The van der Waals surface area contributed by atoms with Crippen molar-refractivity contribution in [2.24, 2.45) is 10.7 Å². The van der Waals surface area contributed by atoms with Gasteiger partial charge in [0, 0.05) is 36.3 Å². The number of ether oxygens (including phenoxy) is 1. The molecule has 1 aliphatic heterocycles. The van der Waals surface area contributed by atoms with E-state index >= 15 is 0 Å². The zero-order chi connectivity index (χ0) is 31.8. The average Bonchev–Trinajstić information content (AvgIpc) is 3.21. The summed E-state index contributed by atoms with van der Waals surface area (Å²) in [4.78, 5) is 37.2. The van der Waals surface area contributed by atoms with E-state index in [-0.39, 0.29) is 18.6 Å². The van der Waals surface area contributed by atoms with Crippen molar-refractivity contribution in [1.29, 1.82) is 0 Å². The first-order chi connectivity index (χ1) is 21.8. The van der Waals surface area contributed by atoms with Crippen molar-refractivity contribution in [2.45, 2.75) is 71.2 Å². The fourth-order valence-corrected chi connectivity index (χ4v) is 5.87. The number of carbonyl (C=O) groups is 2. The summed E-state index contributed by atoms with van der Waals surface area (Å²) in [6.45, 7) is 5.93. The molecule has 2 aromatic carbocycles. The second-order valence-corrected chi connectivity index (χ2v) is 11.5. The van der Waals surface area contributed by atoms with Crippen LogP contribution in [0, 0.1) is 0 Å². The van der Waals surface area contributed by atoms with Gasteiger partial charge in [-0.05, 0) is 73.1 Å². The predicted octanol–water partition coefficient (Wildman–Crippen LogP) is 5.85. The second kappa shape index (κ2) is 15.0. The number of aliphatic hydroxyl groups excluding tert-OH is 1. The zero-order valence-corrected chi connectivity index (χ0v) is 26.0. The van der Waals surface area contributed by atoms with Crippen molar-refractivity contribution in [1.82, 2.24) is 15.2 Å². The Labute approximate surface area is 264 Å². The quantitative estimate of drug-likeness (QED) is 0.199. The summed E-state index contributed by atoms with van der Waals surface area (Å²) in [5.41, 5.74) is 12.0. The molecule has 2 atom stereocenters. The molecule has 10 heteroatoms. The summed E-state index contributed by atoms with van der Waals surface area (Å²) in [5.74, 6) is 0.0609. The maximum absolute atomic E-state index is 13.3. The van der Waals surface area contributed by atoms with Crippen LogP contribution in [0.4, 0.5) is 16.2 Å². The number of amides is 2. The summed E-state index contributed by atoms with van der Waals surface area (Å²) in [6.07, 6.45) is 6.95. The Bertz CT molecular complexity index is 1570. The first kappa shape index (κ1) is 31.9. The van der Waals surface area contributed by atoms with Crippen molar-refractivity contribution in [3.05, 3.63) is 94.3 Å². The Kier molecular flexibility index (Phi) is 10.6. The van der Waals surface area contributed by atoms with Crippen LogP contribution in [-0.4, -0.2) is 52.1 Å². The van der Waals surface area contributed by atoms with Gasteiger partial charge in [0.25, 0.3) is 5.91 Å². The van der Waals surface area contributed by atoms with Gasteiger partial charge >= 0.3 is 6.09 Å². The molecule has 1 aromatic heterocycles. The number of nitrogens with zero attached hydrogens (tertiary/aromatic N) is 3. The van der Waals surface area contributed by atoms with Gasteiger partial charge < -0.3 is 26.2 Å². The summed E-state index contributed by atoms with van der Waals surface area (Å²) in [5, 5.41) is 17.1. The molecule has 0 spiro atoms. The van der Waals surface area contributed by atoms with Crippen LogP contribution < -0.4 is 16.4 Å². The van der Waals surface area contributed by atoms with Crippen molar-refractivity contribution >= 4 is 35.3 Å². The smallest absolute Gasteiger partial charge is 0.407 e. The van der Waals surface area contributed by atoms with Gasteiger partial charge in [0.15, 0.2) is 0 Å². The van der Waals surface area contributed by atoms with E-state index in [1.165, 1.54) is 0 Å². The number of hydrogen-bond acceptors (Lipinski definition) is 8. The van der Waals surface area contributed by atoms with E-state index in [9.17, 15) is 14.7 Å². The Hall–Kier alpha value is -4.54. The zero-order valence-electron chi connectivity index (χ0n) is 26.0. The lowest BCUT2D eigenvalue weighted by molar-refractivity contribution is 0.0323. The maximum atomic E-state index is 13.3. The Morgan fingerprint density at radius 1 is 1.11 bits per heavy atom. The molecule has 0 saturated carbocycles. The number of benzene rings is 2. The first-order valence-corrected chi connectivity index (χ1v) is 15.7. The van der Waals surface area contributed by atoms with Gasteiger partial charge in [-0.15, -0.1) is 0 Å². The number of hydrogen-bond donors (Lipinski definition) is 4. The van der Waals surface area contributed by atoms with Gasteiger partial charge in [-0.3, -0.25) is 14.7 Å². The number of nitrogens with two attached hydrogens (primary N) is 1. The highest BCUT2D eigenvalue weighted by atomic mass is 16.5. The minimum Gasteiger partial charge on any atom is -0.445 e. The number of aryl methyl sites for hydroxylation is 1. The second-order valence-electron chi connectivity index (χ2n) is 11.5. The van der Waals surface area contributed by atoms with Crippen LogP contribution in [-0.2, 0) is 17.8 Å². The lowest BCUT2D eigenvalue weighted by Crippen LogP contribution is -2.38. The van der Waals surface area contributed by atoms with E-state index in [2.05, 4.69) is 34.5 Å². The highest BCUT2D eigenvalue weighted by Gasteiger charge is 2.25. The van der Waals surface area contributed by atoms with Gasteiger partial charge in [0.1, 0.15) is 18.7 Å². The third kappa shape index (κ3) is 8.14. The normalized spacial score (nSPS) is 16.4. The van der Waals surface area contributed by atoms with E-state index in [0.717, 1.165) is 73.2 Å². The number of alkyl carbamates (subject to hydrolysis) is 1. The van der Waals surface area contributed by atoms with E-state index in [4.69, 9.17) is 10.5 Å². The maximum Gasteiger partial charge on any atom is 0.407 e. The van der Waals surface area contributed by atoms with Crippen LogP contribution in [0.5, 0.6) is 0 Å². The summed E-state index contributed by atoms with van der Waals surface area (Å²) in [7, 11) is 0.